The van der Waals surface area contributed by atoms with Gasteiger partial charge in [-0.3, -0.25) is 9.80 Å². The number of hydrogen-bond acceptors (Lipinski definition) is 4. The van der Waals surface area contributed by atoms with E-state index < -0.39 is 0 Å². The Bertz CT molecular complexity index is 850. The highest BCUT2D eigenvalue weighted by Crippen LogP contribution is 2.41. The maximum absolute atomic E-state index is 12.9. The zero-order chi connectivity index (χ0) is 21.1. The van der Waals surface area contributed by atoms with Crippen molar-refractivity contribution < 1.29 is 4.79 Å². The van der Waals surface area contributed by atoms with Gasteiger partial charge in [-0.05, 0) is 54.2 Å². The first kappa shape index (κ1) is 20.7. The predicted molar refractivity (Wildman–Crippen MR) is 121 cm³/mol. The predicted octanol–water partition coefficient (Wildman–Crippen LogP) is 4.24. The van der Waals surface area contributed by atoms with Crippen molar-refractivity contribution in [2.45, 2.75) is 51.5 Å². The van der Waals surface area contributed by atoms with E-state index in [1.807, 2.05) is 30.4 Å². The van der Waals surface area contributed by atoms with Gasteiger partial charge in [-0.25, -0.2) is 0 Å². The summed E-state index contributed by atoms with van der Waals surface area (Å²) in [5.41, 5.74) is 7.87. The number of nitrogens with one attached hydrogen (secondary N) is 2. The number of amides is 1. The molecule has 1 aliphatic heterocycles. The Balaban J connectivity index is 1.45. The van der Waals surface area contributed by atoms with Crippen LogP contribution >= 0.6 is 0 Å². The molecule has 1 aromatic rings. The Kier molecular flexibility index (Phi) is 6.28. The maximum Gasteiger partial charge on any atom is 0.225 e. The summed E-state index contributed by atoms with van der Waals surface area (Å²) >= 11 is 0. The van der Waals surface area contributed by atoms with Crippen LogP contribution in [0.1, 0.15) is 56.2 Å². The van der Waals surface area contributed by atoms with E-state index in [9.17, 15) is 4.79 Å². The van der Waals surface area contributed by atoms with Crippen LogP contribution in [0.15, 0.2) is 60.0 Å². The molecule has 1 aromatic carbocycles. The van der Waals surface area contributed by atoms with Gasteiger partial charge in [-0.2, -0.15) is 0 Å². The number of benzene rings is 1. The molecule has 160 valence electrons. The molecule has 0 saturated heterocycles. The highest BCUT2D eigenvalue weighted by Gasteiger charge is 2.30. The van der Waals surface area contributed by atoms with Crippen molar-refractivity contribution in [2.24, 2.45) is 11.8 Å². The van der Waals surface area contributed by atoms with Crippen molar-refractivity contribution in [3.05, 3.63) is 71.1 Å². The van der Waals surface area contributed by atoms with Gasteiger partial charge in [0.25, 0.3) is 0 Å². The van der Waals surface area contributed by atoms with Gasteiger partial charge in [0.2, 0.25) is 5.91 Å². The van der Waals surface area contributed by atoms with Crippen molar-refractivity contribution in [2.75, 3.05) is 14.1 Å². The molecule has 3 aliphatic rings. The zero-order valence-electron chi connectivity index (χ0n) is 18.4. The molecule has 1 saturated carbocycles. The molecule has 30 heavy (non-hydrogen) atoms. The van der Waals surface area contributed by atoms with Crippen LogP contribution in [0.5, 0.6) is 0 Å². The van der Waals surface area contributed by atoms with E-state index in [4.69, 9.17) is 0 Å². The molecular weight excluding hydrogens is 372 g/mol. The van der Waals surface area contributed by atoms with Gasteiger partial charge in [0, 0.05) is 20.3 Å². The number of aryl methyl sites for hydroxylation is 1. The first-order valence-corrected chi connectivity index (χ1v) is 11.2. The second kappa shape index (κ2) is 9.09. The van der Waals surface area contributed by atoms with Crippen LogP contribution in [-0.2, 0) is 11.2 Å². The third-order valence-electron chi connectivity index (χ3n) is 6.36. The van der Waals surface area contributed by atoms with E-state index in [2.05, 4.69) is 60.2 Å². The lowest BCUT2D eigenvalue weighted by Crippen LogP contribution is -2.39. The number of rotatable bonds is 8. The van der Waals surface area contributed by atoms with Gasteiger partial charge in [0.05, 0.1) is 18.2 Å². The minimum Gasteiger partial charge on any atom is -0.343 e. The molecule has 0 spiro atoms. The van der Waals surface area contributed by atoms with Crippen molar-refractivity contribution in [3.63, 3.8) is 0 Å². The van der Waals surface area contributed by atoms with Crippen LogP contribution in [0, 0.1) is 11.8 Å². The van der Waals surface area contributed by atoms with Gasteiger partial charge in [0.1, 0.15) is 0 Å². The molecule has 0 bridgehead atoms. The first-order valence-electron chi connectivity index (χ1n) is 11.2. The molecular formula is C25H34N4O. The van der Waals surface area contributed by atoms with E-state index >= 15 is 0 Å². The van der Waals surface area contributed by atoms with Gasteiger partial charge in [0.15, 0.2) is 0 Å². The second-order valence-electron chi connectivity index (χ2n) is 8.84. The normalized spacial score (nSPS) is 22.4. The minimum absolute atomic E-state index is 0.0540. The quantitative estimate of drug-likeness (QED) is 0.678. The largest absolute Gasteiger partial charge is 0.343 e. The fourth-order valence-electron chi connectivity index (χ4n) is 4.31. The molecule has 2 aliphatic carbocycles. The fourth-order valence-corrected chi connectivity index (χ4v) is 4.31. The molecule has 0 aromatic heterocycles. The van der Waals surface area contributed by atoms with E-state index in [0.29, 0.717) is 12.3 Å². The van der Waals surface area contributed by atoms with Crippen LogP contribution < -0.4 is 10.7 Å². The van der Waals surface area contributed by atoms with Crippen molar-refractivity contribution in [3.8, 4) is 0 Å². The van der Waals surface area contributed by atoms with Crippen molar-refractivity contribution >= 4 is 5.91 Å². The van der Waals surface area contributed by atoms with Gasteiger partial charge in [-0.1, -0.05) is 55.8 Å². The van der Waals surface area contributed by atoms with E-state index in [1.54, 1.807) is 0 Å². The third-order valence-corrected chi connectivity index (χ3v) is 6.36. The zero-order valence-corrected chi connectivity index (χ0v) is 18.4. The number of hydrazine groups is 2. The number of nitrogens with zero attached hydrogens (tertiary/aromatic N) is 2. The Morgan fingerprint density at radius 1 is 1.23 bits per heavy atom. The summed E-state index contributed by atoms with van der Waals surface area (Å²) < 4.78 is 0. The summed E-state index contributed by atoms with van der Waals surface area (Å²) in [6, 6.07) is 8.41. The van der Waals surface area contributed by atoms with Crippen LogP contribution in [0.2, 0.25) is 0 Å². The Hall–Kier alpha value is -2.53. The standard InChI is InChI=1S/C25H34N4O/c1-4-5-18-6-12-22(13-7-18)25(23-17-28(2)29(3)27-23)26-24(30)16-19-8-10-20(11-9-19)21-14-15-21/h6-10,12-13,17,20-21,25,27H,4-5,11,14-16H2,1-3H3,(H,26,30)/t20?,25-/m0/s1. The van der Waals surface area contributed by atoms with Crippen LogP contribution in [-0.4, -0.2) is 30.1 Å². The highest BCUT2D eigenvalue weighted by molar-refractivity contribution is 5.80. The van der Waals surface area contributed by atoms with E-state index in [-0.39, 0.29) is 11.9 Å². The number of carbonyl (C=O) groups excluding carboxylic acids is 1. The molecule has 2 N–H and O–H groups in total. The average molecular weight is 407 g/mol. The van der Waals surface area contributed by atoms with Crippen LogP contribution in [0.25, 0.3) is 0 Å². The lowest BCUT2D eigenvalue weighted by atomic mass is 9.91. The SMILES string of the molecule is CCCc1ccc([C@H](NC(=O)CC2=CCC(C3CC3)C=C2)C2=CN(C)N(C)N2)cc1. The lowest BCUT2D eigenvalue weighted by molar-refractivity contribution is -0.121. The summed E-state index contributed by atoms with van der Waals surface area (Å²) in [7, 11) is 3.94. The fraction of sp³-hybridized carbons (Fsp3) is 0.480. The molecule has 5 nitrogen and oxygen atoms in total. The third kappa shape index (κ3) is 4.96. The number of hydrogen-bond donors (Lipinski definition) is 2. The summed E-state index contributed by atoms with van der Waals surface area (Å²) in [6.07, 6.45) is 15.2. The lowest BCUT2D eigenvalue weighted by Gasteiger charge is -2.24. The number of allylic oxidation sites excluding steroid dienone is 3. The Morgan fingerprint density at radius 2 is 2.00 bits per heavy atom. The van der Waals surface area contributed by atoms with Gasteiger partial charge < -0.3 is 10.7 Å². The maximum atomic E-state index is 12.9. The van der Waals surface area contributed by atoms with Gasteiger partial charge >= 0.3 is 0 Å². The number of carbonyl (C=O) groups is 1. The average Bonchev–Trinajstić information content (AvgIpc) is 3.53. The molecule has 1 amide bonds. The summed E-state index contributed by atoms with van der Waals surface area (Å²) in [5.74, 6) is 1.62. The van der Waals surface area contributed by atoms with Crippen LogP contribution in [0.3, 0.4) is 0 Å². The molecule has 4 rings (SSSR count). The molecule has 0 radical (unpaired) electrons. The second-order valence-corrected chi connectivity index (χ2v) is 8.84. The monoisotopic (exact) mass is 406 g/mol. The summed E-state index contributed by atoms with van der Waals surface area (Å²) in [6.45, 7) is 2.19. The smallest absolute Gasteiger partial charge is 0.225 e. The molecule has 1 unspecified atom stereocenters. The van der Waals surface area contributed by atoms with Crippen LogP contribution in [0.4, 0.5) is 0 Å². The summed E-state index contributed by atoms with van der Waals surface area (Å²) in [4.78, 5) is 12.9. The molecule has 1 heterocycles. The van der Waals surface area contributed by atoms with Crippen molar-refractivity contribution in [1.29, 1.82) is 0 Å². The molecule has 2 atom stereocenters. The van der Waals surface area contributed by atoms with Gasteiger partial charge in [-0.15, -0.1) is 5.12 Å². The first-order chi connectivity index (χ1) is 14.5. The van der Waals surface area contributed by atoms with E-state index in [0.717, 1.165) is 42.0 Å². The Morgan fingerprint density at radius 3 is 2.57 bits per heavy atom. The Labute approximate surface area is 180 Å². The summed E-state index contributed by atoms with van der Waals surface area (Å²) in [5, 5.41) is 7.15. The van der Waals surface area contributed by atoms with E-state index in [1.165, 1.54) is 18.4 Å². The topological polar surface area (TPSA) is 47.6 Å². The molecule has 5 heteroatoms. The van der Waals surface area contributed by atoms with Crippen molar-refractivity contribution in [1.82, 2.24) is 20.9 Å². The molecule has 1 fully saturated rings. The highest BCUT2D eigenvalue weighted by atomic mass is 16.1. The minimum atomic E-state index is -0.201.